The zero-order valence-electron chi connectivity index (χ0n) is 8.61. The molecule has 0 aromatic carbocycles. The van der Waals surface area contributed by atoms with Gasteiger partial charge in [-0.2, -0.15) is 0 Å². The topological polar surface area (TPSA) is 57.5 Å². The second-order valence-corrected chi connectivity index (χ2v) is 4.21. The fourth-order valence-corrected chi connectivity index (χ4v) is 2.40. The average Bonchev–Trinajstić information content (AvgIpc) is 2.64. The second-order valence-electron chi connectivity index (χ2n) is 4.21. The first-order chi connectivity index (χ1) is 6.75. The Balaban J connectivity index is 2.34. The fourth-order valence-electron chi connectivity index (χ4n) is 2.40. The summed E-state index contributed by atoms with van der Waals surface area (Å²) in [5.41, 5.74) is 0. The molecule has 1 fully saturated rings. The Kier molecular flexibility index (Phi) is 4.94. The number of carbonyl (C=O) groups is 1. The molecule has 0 saturated heterocycles. The molecule has 1 aliphatic rings. The molecule has 0 amide bonds. The van der Waals surface area contributed by atoms with Gasteiger partial charge in [0.05, 0.1) is 5.92 Å². The van der Waals surface area contributed by atoms with Crippen molar-refractivity contribution in [2.24, 2.45) is 11.8 Å². The SMILES string of the molecule is O=C(O)C(CCCCO)C1CCCC1. The maximum absolute atomic E-state index is 11.0. The van der Waals surface area contributed by atoms with E-state index < -0.39 is 5.97 Å². The van der Waals surface area contributed by atoms with Crippen LogP contribution in [0.5, 0.6) is 0 Å². The zero-order chi connectivity index (χ0) is 10.4. The first-order valence-corrected chi connectivity index (χ1v) is 5.59. The van der Waals surface area contributed by atoms with Crippen LogP contribution < -0.4 is 0 Å². The van der Waals surface area contributed by atoms with Crippen LogP contribution in [0, 0.1) is 11.8 Å². The summed E-state index contributed by atoms with van der Waals surface area (Å²) in [6.07, 6.45) is 6.84. The van der Waals surface area contributed by atoms with Crippen LogP contribution in [0.15, 0.2) is 0 Å². The Morgan fingerprint density at radius 1 is 1.29 bits per heavy atom. The van der Waals surface area contributed by atoms with Gasteiger partial charge in [0.1, 0.15) is 0 Å². The minimum atomic E-state index is -0.644. The van der Waals surface area contributed by atoms with Gasteiger partial charge in [0, 0.05) is 6.61 Å². The monoisotopic (exact) mass is 200 g/mol. The number of hydrogen-bond acceptors (Lipinski definition) is 2. The molecule has 1 aliphatic carbocycles. The number of aliphatic carboxylic acids is 1. The molecule has 1 rings (SSSR count). The number of rotatable bonds is 6. The quantitative estimate of drug-likeness (QED) is 0.645. The summed E-state index contributed by atoms with van der Waals surface area (Å²) in [5.74, 6) is -0.412. The molecule has 1 unspecified atom stereocenters. The van der Waals surface area contributed by atoms with E-state index in [-0.39, 0.29) is 12.5 Å². The molecule has 0 aliphatic heterocycles. The van der Waals surface area contributed by atoms with Gasteiger partial charge in [-0.05, 0) is 31.6 Å². The normalized spacial score (nSPS) is 19.8. The van der Waals surface area contributed by atoms with Crippen LogP contribution in [0.2, 0.25) is 0 Å². The van der Waals surface area contributed by atoms with Crippen LogP contribution in [0.3, 0.4) is 0 Å². The van der Waals surface area contributed by atoms with E-state index in [1.165, 1.54) is 12.8 Å². The van der Waals surface area contributed by atoms with Crippen molar-refractivity contribution in [2.75, 3.05) is 6.61 Å². The highest BCUT2D eigenvalue weighted by molar-refractivity contribution is 5.70. The molecule has 3 nitrogen and oxygen atoms in total. The highest BCUT2D eigenvalue weighted by Gasteiger charge is 2.29. The molecule has 0 aromatic heterocycles. The average molecular weight is 200 g/mol. The van der Waals surface area contributed by atoms with Crippen LogP contribution >= 0.6 is 0 Å². The molecule has 0 bridgehead atoms. The molecular weight excluding hydrogens is 180 g/mol. The smallest absolute Gasteiger partial charge is 0.306 e. The van der Waals surface area contributed by atoms with Gasteiger partial charge in [-0.25, -0.2) is 0 Å². The molecule has 1 atom stereocenters. The molecule has 3 heteroatoms. The number of carboxylic acids is 1. The molecule has 0 spiro atoms. The lowest BCUT2D eigenvalue weighted by Crippen LogP contribution is -2.21. The standard InChI is InChI=1S/C11H20O3/c12-8-4-3-7-10(11(13)14)9-5-1-2-6-9/h9-10,12H,1-8H2,(H,13,14). The van der Waals surface area contributed by atoms with Crippen LogP contribution in [-0.2, 0) is 4.79 Å². The van der Waals surface area contributed by atoms with E-state index in [1.807, 2.05) is 0 Å². The van der Waals surface area contributed by atoms with Crippen molar-refractivity contribution in [1.82, 2.24) is 0 Å². The predicted molar refractivity (Wildman–Crippen MR) is 54.0 cm³/mol. The number of hydrogen-bond donors (Lipinski definition) is 2. The van der Waals surface area contributed by atoms with Crippen molar-refractivity contribution in [3.05, 3.63) is 0 Å². The first kappa shape index (κ1) is 11.5. The van der Waals surface area contributed by atoms with Crippen molar-refractivity contribution in [3.8, 4) is 0 Å². The van der Waals surface area contributed by atoms with Crippen molar-refractivity contribution in [3.63, 3.8) is 0 Å². The van der Waals surface area contributed by atoms with Crippen LogP contribution in [0.4, 0.5) is 0 Å². The van der Waals surface area contributed by atoms with E-state index in [0.717, 1.165) is 32.1 Å². The molecule has 0 aromatic rings. The Morgan fingerprint density at radius 2 is 1.93 bits per heavy atom. The van der Waals surface area contributed by atoms with E-state index in [2.05, 4.69) is 0 Å². The first-order valence-electron chi connectivity index (χ1n) is 5.59. The summed E-state index contributed by atoms with van der Waals surface area (Å²) in [5, 5.41) is 17.7. The Morgan fingerprint density at radius 3 is 2.43 bits per heavy atom. The van der Waals surface area contributed by atoms with Crippen LogP contribution in [-0.4, -0.2) is 22.8 Å². The van der Waals surface area contributed by atoms with Gasteiger partial charge < -0.3 is 10.2 Å². The molecule has 14 heavy (non-hydrogen) atoms. The second kappa shape index (κ2) is 6.02. The summed E-state index contributed by atoms with van der Waals surface area (Å²) in [7, 11) is 0. The Bertz CT molecular complexity index is 173. The third-order valence-electron chi connectivity index (χ3n) is 3.21. The summed E-state index contributed by atoms with van der Waals surface area (Å²) < 4.78 is 0. The van der Waals surface area contributed by atoms with Crippen LogP contribution in [0.25, 0.3) is 0 Å². The lowest BCUT2D eigenvalue weighted by atomic mass is 9.87. The molecule has 0 heterocycles. The number of carboxylic acid groups (broad SMARTS) is 1. The summed E-state index contributed by atoms with van der Waals surface area (Å²) >= 11 is 0. The minimum absolute atomic E-state index is 0.163. The van der Waals surface area contributed by atoms with Gasteiger partial charge in [0.15, 0.2) is 0 Å². The van der Waals surface area contributed by atoms with E-state index >= 15 is 0 Å². The molecule has 2 N–H and O–H groups in total. The summed E-state index contributed by atoms with van der Waals surface area (Å²) in [6, 6.07) is 0. The third kappa shape index (κ3) is 3.29. The van der Waals surface area contributed by atoms with Gasteiger partial charge in [-0.3, -0.25) is 4.79 Å². The number of unbranched alkanes of at least 4 members (excludes halogenated alkanes) is 1. The maximum Gasteiger partial charge on any atom is 0.306 e. The van der Waals surface area contributed by atoms with Gasteiger partial charge in [0.25, 0.3) is 0 Å². The largest absolute Gasteiger partial charge is 0.481 e. The molecule has 0 radical (unpaired) electrons. The summed E-state index contributed by atoms with van der Waals surface area (Å²) in [4.78, 5) is 11.0. The van der Waals surface area contributed by atoms with Crippen LogP contribution in [0.1, 0.15) is 44.9 Å². The fraction of sp³-hybridized carbons (Fsp3) is 0.909. The van der Waals surface area contributed by atoms with Gasteiger partial charge in [-0.15, -0.1) is 0 Å². The third-order valence-corrected chi connectivity index (χ3v) is 3.21. The van der Waals surface area contributed by atoms with Crippen molar-refractivity contribution in [1.29, 1.82) is 0 Å². The van der Waals surface area contributed by atoms with Crippen molar-refractivity contribution < 1.29 is 15.0 Å². The Hall–Kier alpha value is -0.570. The van der Waals surface area contributed by atoms with Crippen molar-refractivity contribution >= 4 is 5.97 Å². The van der Waals surface area contributed by atoms with Crippen molar-refractivity contribution in [2.45, 2.75) is 44.9 Å². The van der Waals surface area contributed by atoms with E-state index in [9.17, 15) is 4.79 Å². The molecular formula is C11H20O3. The Labute approximate surface area is 85.1 Å². The highest BCUT2D eigenvalue weighted by Crippen LogP contribution is 2.34. The summed E-state index contributed by atoms with van der Waals surface area (Å²) in [6.45, 7) is 0.178. The lowest BCUT2D eigenvalue weighted by Gasteiger charge is -2.18. The van der Waals surface area contributed by atoms with Gasteiger partial charge in [-0.1, -0.05) is 19.3 Å². The number of aliphatic hydroxyl groups is 1. The molecule has 82 valence electrons. The minimum Gasteiger partial charge on any atom is -0.481 e. The zero-order valence-corrected chi connectivity index (χ0v) is 8.61. The van der Waals surface area contributed by atoms with E-state index in [4.69, 9.17) is 10.2 Å². The maximum atomic E-state index is 11.0. The van der Waals surface area contributed by atoms with Gasteiger partial charge >= 0.3 is 5.97 Å². The lowest BCUT2D eigenvalue weighted by molar-refractivity contribution is -0.144. The van der Waals surface area contributed by atoms with Gasteiger partial charge in [0.2, 0.25) is 0 Å². The predicted octanol–water partition coefficient (Wildman–Crippen LogP) is 2.04. The highest BCUT2D eigenvalue weighted by atomic mass is 16.4. The molecule has 1 saturated carbocycles. The van der Waals surface area contributed by atoms with E-state index in [1.54, 1.807) is 0 Å². The number of aliphatic hydroxyl groups excluding tert-OH is 1. The van der Waals surface area contributed by atoms with E-state index in [0.29, 0.717) is 5.92 Å².